The molecule has 1 heterocycles. The first-order valence-corrected chi connectivity index (χ1v) is 6.78. The number of hydrogen-bond acceptors (Lipinski definition) is 4. The van der Waals surface area contributed by atoms with Gasteiger partial charge < -0.3 is 10.2 Å². The van der Waals surface area contributed by atoms with Crippen molar-refractivity contribution in [3.63, 3.8) is 0 Å². The summed E-state index contributed by atoms with van der Waals surface area (Å²) in [7, 11) is 0. The van der Waals surface area contributed by atoms with Gasteiger partial charge in [0.25, 0.3) is 0 Å². The Morgan fingerprint density at radius 1 is 1.56 bits per heavy atom. The van der Waals surface area contributed by atoms with Gasteiger partial charge in [-0.1, -0.05) is 11.6 Å². The van der Waals surface area contributed by atoms with Crippen LogP contribution in [0.15, 0.2) is 22.6 Å². The molecule has 1 atom stereocenters. The summed E-state index contributed by atoms with van der Waals surface area (Å²) in [6, 6.07) is 5.24. The molecule has 2 aromatic rings. The Morgan fingerprint density at radius 3 is 3.12 bits per heavy atom. The molecule has 0 aliphatic rings. The third-order valence-corrected chi connectivity index (χ3v) is 3.20. The molecule has 5 heteroatoms. The highest BCUT2D eigenvalue weighted by Crippen LogP contribution is 2.23. The standard InChI is InChI=1S/C11H13ClN2OS/c1-16-5-4-8(13)11-14-9-6-7(12)2-3-10(9)15-11/h2-3,6,8H,4-5,13H2,1H3. The molecule has 1 aromatic carbocycles. The van der Waals surface area contributed by atoms with Crippen molar-refractivity contribution < 1.29 is 4.42 Å². The van der Waals surface area contributed by atoms with Crippen LogP contribution in [-0.4, -0.2) is 17.0 Å². The van der Waals surface area contributed by atoms with Crippen molar-refractivity contribution in [1.82, 2.24) is 4.98 Å². The summed E-state index contributed by atoms with van der Waals surface area (Å²) in [5, 5.41) is 0.657. The largest absolute Gasteiger partial charge is 0.439 e. The molecular weight excluding hydrogens is 244 g/mol. The van der Waals surface area contributed by atoms with E-state index in [9.17, 15) is 0 Å². The molecule has 3 nitrogen and oxygen atoms in total. The maximum atomic E-state index is 5.98. The summed E-state index contributed by atoms with van der Waals surface area (Å²) < 4.78 is 5.58. The van der Waals surface area contributed by atoms with Gasteiger partial charge in [-0.2, -0.15) is 11.8 Å². The zero-order chi connectivity index (χ0) is 11.5. The Labute approximate surface area is 103 Å². The van der Waals surface area contributed by atoms with Crippen LogP contribution in [0.5, 0.6) is 0 Å². The lowest BCUT2D eigenvalue weighted by Crippen LogP contribution is -2.11. The highest BCUT2D eigenvalue weighted by atomic mass is 35.5. The van der Waals surface area contributed by atoms with E-state index in [2.05, 4.69) is 11.2 Å². The number of rotatable bonds is 4. The summed E-state index contributed by atoms with van der Waals surface area (Å²) in [4.78, 5) is 4.34. The van der Waals surface area contributed by atoms with Crippen molar-refractivity contribution in [1.29, 1.82) is 0 Å². The number of nitrogens with two attached hydrogens (primary N) is 1. The van der Waals surface area contributed by atoms with E-state index in [0.717, 1.165) is 23.3 Å². The molecule has 1 aromatic heterocycles. The van der Waals surface area contributed by atoms with Gasteiger partial charge in [-0.05, 0) is 36.6 Å². The fourth-order valence-electron chi connectivity index (χ4n) is 1.45. The quantitative estimate of drug-likeness (QED) is 0.913. The Bertz CT molecular complexity index is 486. The lowest BCUT2D eigenvalue weighted by molar-refractivity contribution is 0.470. The minimum absolute atomic E-state index is 0.140. The highest BCUT2D eigenvalue weighted by Gasteiger charge is 2.13. The molecule has 86 valence electrons. The van der Waals surface area contributed by atoms with Gasteiger partial charge in [-0.25, -0.2) is 4.98 Å². The molecule has 0 aliphatic carbocycles. The third kappa shape index (κ3) is 2.51. The topological polar surface area (TPSA) is 52.0 Å². The van der Waals surface area contributed by atoms with Gasteiger partial charge in [0, 0.05) is 5.02 Å². The predicted octanol–water partition coefficient (Wildman–Crippen LogP) is 3.23. The van der Waals surface area contributed by atoms with E-state index in [1.165, 1.54) is 0 Å². The van der Waals surface area contributed by atoms with E-state index in [4.69, 9.17) is 21.8 Å². The molecule has 1 unspecified atom stereocenters. The van der Waals surface area contributed by atoms with Crippen molar-refractivity contribution in [2.75, 3.05) is 12.0 Å². The predicted molar refractivity (Wildman–Crippen MR) is 68.9 cm³/mol. The number of oxazole rings is 1. The second kappa shape index (κ2) is 5.08. The summed E-state index contributed by atoms with van der Waals surface area (Å²) >= 11 is 7.64. The van der Waals surface area contributed by atoms with Gasteiger partial charge >= 0.3 is 0 Å². The number of benzene rings is 1. The van der Waals surface area contributed by atoms with E-state index in [1.54, 1.807) is 23.9 Å². The van der Waals surface area contributed by atoms with E-state index in [1.807, 2.05) is 6.07 Å². The molecule has 2 rings (SSSR count). The van der Waals surface area contributed by atoms with Gasteiger partial charge in [0.1, 0.15) is 5.52 Å². The van der Waals surface area contributed by atoms with Crippen LogP contribution in [-0.2, 0) is 0 Å². The average Bonchev–Trinajstić information content (AvgIpc) is 2.68. The lowest BCUT2D eigenvalue weighted by Gasteiger charge is -2.04. The van der Waals surface area contributed by atoms with Crippen molar-refractivity contribution in [2.45, 2.75) is 12.5 Å². The monoisotopic (exact) mass is 256 g/mol. The summed E-state index contributed by atoms with van der Waals surface area (Å²) in [6.07, 6.45) is 2.92. The maximum absolute atomic E-state index is 5.98. The van der Waals surface area contributed by atoms with E-state index in [-0.39, 0.29) is 6.04 Å². The van der Waals surface area contributed by atoms with Gasteiger partial charge in [-0.15, -0.1) is 0 Å². The fourth-order valence-corrected chi connectivity index (χ4v) is 2.10. The number of halogens is 1. The normalized spacial score (nSPS) is 13.2. The van der Waals surface area contributed by atoms with Crippen LogP contribution in [0.4, 0.5) is 0 Å². The fraction of sp³-hybridized carbons (Fsp3) is 0.364. The van der Waals surface area contributed by atoms with Gasteiger partial charge in [0.2, 0.25) is 5.89 Å². The van der Waals surface area contributed by atoms with Crippen LogP contribution >= 0.6 is 23.4 Å². The van der Waals surface area contributed by atoms with Crippen LogP contribution in [0.3, 0.4) is 0 Å². The third-order valence-electron chi connectivity index (χ3n) is 2.32. The van der Waals surface area contributed by atoms with Gasteiger partial charge in [0.05, 0.1) is 6.04 Å². The first-order valence-electron chi connectivity index (χ1n) is 5.01. The number of hydrogen-bond donors (Lipinski definition) is 1. The number of aromatic nitrogens is 1. The molecule has 0 amide bonds. The highest BCUT2D eigenvalue weighted by molar-refractivity contribution is 7.98. The van der Waals surface area contributed by atoms with Crippen molar-refractivity contribution in [2.24, 2.45) is 5.73 Å². The van der Waals surface area contributed by atoms with Gasteiger partial charge in [-0.3, -0.25) is 0 Å². The SMILES string of the molecule is CSCCC(N)c1nc2cc(Cl)ccc2o1. The Hall–Kier alpha value is -0.710. The lowest BCUT2D eigenvalue weighted by atomic mass is 10.2. The van der Waals surface area contributed by atoms with Gasteiger partial charge in [0.15, 0.2) is 5.58 Å². The van der Waals surface area contributed by atoms with Crippen LogP contribution in [0.25, 0.3) is 11.1 Å². The van der Waals surface area contributed by atoms with Crippen LogP contribution < -0.4 is 5.73 Å². The molecule has 0 fully saturated rings. The molecular formula is C11H13ClN2OS. The Morgan fingerprint density at radius 2 is 2.38 bits per heavy atom. The number of nitrogens with zero attached hydrogens (tertiary/aromatic N) is 1. The maximum Gasteiger partial charge on any atom is 0.212 e. The molecule has 0 bridgehead atoms. The van der Waals surface area contributed by atoms with Crippen LogP contribution in [0.1, 0.15) is 18.4 Å². The summed E-state index contributed by atoms with van der Waals surface area (Å²) in [5.74, 6) is 1.59. The van der Waals surface area contributed by atoms with E-state index in [0.29, 0.717) is 10.9 Å². The number of fused-ring (bicyclic) bond motifs is 1. The summed E-state index contributed by atoms with van der Waals surface area (Å²) in [6.45, 7) is 0. The average molecular weight is 257 g/mol. The van der Waals surface area contributed by atoms with E-state index < -0.39 is 0 Å². The zero-order valence-electron chi connectivity index (χ0n) is 8.94. The molecule has 0 saturated carbocycles. The molecule has 0 spiro atoms. The number of thioether (sulfide) groups is 1. The van der Waals surface area contributed by atoms with Crippen molar-refractivity contribution in [3.8, 4) is 0 Å². The first kappa shape index (κ1) is 11.8. The second-order valence-electron chi connectivity index (χ2n) is 3.55. The zero-order valence-corrected chi connectivity index (χ0v) is 10.5. The molecule has 16 heavy (non-hydrogen) atoms. The Kier molecular flexibility index (Phi) is 3.74. The molecule has 2 N–H and O–H groups in total. The minimum atomic E-state index is -0.140. The van der Waals surface area contributed by atoms with Crippen molar-refractivity contribution in [3.05, 3.63) is 29.1 Å². The molecule has 0 radical (unpaired) electrons. The molecule has 0 saturated heterocycles. The smallest absolute Gasteiger partial charge is 0.212 e. The Balaban J connectivity index is 2.25. The van der Waals surface area contributed by atoms with Crippen LogP contribution in [0, 0.1) is 0 Å². The molecule has 0 aliphatic heterocycles. The first-order chi connectivity index (χ1) is 7.70. The van der Waals surface area contributed by atoms with Crippen LogP contribution in [0.2, 0.25) is 5.02 Å². The second-order valence-corrected chi connectivity index (χ2v) is 4.97. The van der Waals surface area contributed by atoms with Crippen molar-refractivity contribution >= 4 is 34.5 Å². The van der Waals surface area contributed by atoms with E-state index >= 15 is 0 Å². The minimum Gasteiger partial charge on any atom is -0.439 e. The summed E-state index contributed by atoms with van der Waals surface area (Å²) in [5.41, 5.74) is 7.48.